The smallest absolute Gasteiger partial charge is 0.192 e. The van der Waals surface area contributed by atoms with Gasteiger partial charge in [0.1, 0.15) is 0 Å². The average Bonchev–Trinajstić information content (AvgIpc) is 2.73. The Balaban J connectivity index is 2.01. The lowest BCUT2D eigenvalue weighted by Gasteiger charge is -2.27. The van der Waals surface area contributed by atoms with Gasteiger partial charge in [-0.3, -0.25) is 4.90 Å². The lowest BCUT2D eigenvalue weighted by molar-refractivity contribution is 0.722. The molecule has 16 heavy (non-hydrogen) atoms. The highest BCUT2D eigenvalue weighted by molar-refractivity contribution is 7.80. The minimum atomic E-state index is 0.797. The minimum absolute atomic E-state index is 0.797. The Morgan fingerprint density at radius 3 is 3.06 bits per heavy atom. The molecule has 82 valence electrons. The van der Waals surface area contributed by atoms with Gasteiger partial charge in [0.15, 0.2) is 10.2 Å². The number of thiocarbonyl (C=S) groups is 1. The summed E-state index contributed by atoms with van der Waals surface area (Å²) < 4.78 is 1.21. The molecular formula is C11H11N3S2. The van der Waals surface area contributed by atoms with Crippen LogP contribution >= 0.6 is 23.6 Å². The van der Waals surface area contributed by atoms with Gasteiger partial charge in [0.05, 0.1) is 10.2 Å². The van der Waals surface area contributed by atoms with E-state index in [1.54, 1.807) is 11.3 Å². The Morgan fingerprint density at radius 1 is 1.38 bits per heavy atom. The van der Waals surface area contributed by atoms with Crippen molar-refractivity contribution in [2.75, 3.05) is 18.0 Å². The Kier molecular flexibility index (Phi) is 2.49. The van der Waals surface area contributed by atoms with Gasteiger partial charge in [0.2, 0.25) is 0 Å². The van der Waals surface area contributed by atoms with Crippen molar-refractivity contribution < 1.29 is 0 Å². The van der Waals surface area contributed by atoms with Crippen molar-refractivity contribution in [3.8, 4) is 0 Å². The van der Waals surface area contributed by atoms with Gasteiger partial charge in [-0.25, -0.2) is 4.98 Å². The van der Waals surface area contributed by atoms with Gasteiger partial charge in [-0.2, -0.15) is 0 Å². The quantitative estimate of drug-likeness (QED) is 0.785. The highest BCUT2D eigenvalue weighted by Gasteiger charge is 2.19. The van der Waals surface area contributed by atoms with Crippen molar-refractivity contribution in [1.82, 2.24) is 10.3 Å². The van der Waals surface area contributed by atoms with E-state index in [-0.39, 0.29) is 0 Å². The normalized spacial score (nSPS) is 16.5. The van der Waals surface area contributed by atoms with Crippen molar-refractivity contribution in [3.05, 3.63) is 24.3 Å². The molecule has 1 fully saturated rings. The molecule has 0 unspecified atom stereocenters. The van der Waals surface area contributed by atoms with Crippen molar-refractivity contribution in [3.63, 3.8) is 0 Å². The number of para-hydroxylation sites is 1. The summed E-state index contributed by atoms with van der Waals surface area (Å²) in [5.74, 6) is 0. The van der Waals surface area contributed by atoms with Crippen LogP contribution in [0.4, 0.5) is 5.13 Å². The number of thiazole rings is 1. The van der Waals surface area contributed by atoms with Crippen LogP contribution in [0, 0.1) is 0 Å². The number of hydrogen-bond donors (Lipinski definition) is 1. The van der Waals surface area contributed by atoms with Crippen molar-refractivity contribution >= 4 is 44.0 Å². The molecule has 2 aromatic rings. The molecule has 0 saturated carbocycles. The Bertz CT molecular complexity index is 502. The summed E-state index contributed by atoms with van der Waals surface area (Å²) >= 11 is 6.99. The monoisotopic (exact) mass is 249 g/mol. The molecule has 0 atom stereocenters. The number of rotatable bonds is 1. The SMILES string of the molecule is S=C1NCCCN1c1nc2ccccc2s1. The van der Waals surface area contributed by atoms with Crippen LogP contribution in [0.2, 0.25) is 0 Å². The zero-order valence-corrected chi connectivity index (χ0v) is 10.3. The molecule has 0 aliphatic carbocycles. The van der Waals surface area contributed by atoms with E-state index in [9.17, 15) is 0 Å². The van der Waals surface area contributed by atoms with Crippen molar-refractivity contribution in [1.29, 1.82) is 0 Å². The summed E-state index contributed by atoms with van der Waals surface area (Å²) in [5, 5.41) is 4.99. The van der Waals surface area contributed by atoms with Crippen molar-refractivity contribution in [2.45, 2.75) is 6.42 Å². The van der Waals surface area contributed by atoms with Crippen LogP contribution in [0.25, 0.3) is 10.2 Å². The topological polar surface area (TPSA) is 28.2 Å². The molecule has 1 aliphatic rings. The summed E-state index contributed by atoms with van der Waals surface area (Å²) in [6.45, 7) is 1.94. The summed E-state index contributed by atoms with van der Waals surface area (Å²) in [5.41, 5.74) is 1.05. The van der Waals surface area contributed by atoms with Crippen LogP contribution in [0.1, 0.15) is 6.42 Å². The molecule has 0 spiro atoms. The van der Waals surface area contributed by atoms with Gasteiger partial charge in [-0.05, 0) is 30.8 Å². The van der Waals surface area contributed by atoms with Crippen LogP contribution in [0.3, 0.4) is 0 Å². The highest BCUT2D eigenvalue weighted by atomic mass is 32.1. The minimum Gasteiger partial charge on any atom is -0.362 e. The predicted molar refractivity (Wildman–Crippen MR) is 72.2 cm³/mol. The third kappa shape index (κ3) is 1.66. The van der Waals surface area contributed by atoms with Gasteiger partial charge in [0.25, 0.3) is 0 Å². The largest absolute Gasteiger partial charge is 0.362 e. The standard InChI is InChI=1S/C11H11N3S2/c15-10-12-6-3-7-14(10)11-13-8-4-1-2-5-9(8)16-11/h1-2,4-5H,3,6-7H2,(H,12,15). The molecule has 0 amide bonds. The molecule has 1 N–H and O–H groups in total. The molecule has 0 radical (unpaired) electrons. The van der Waals surface area contributed by atoms with E-state index in [0.717, 1.165) is 35.3 Å². The first kappa shape index (κ1) is 9.99. The van der Waals surface area contributed by atoms with Crippen LogP contribution in [-0.4, -0.2) is 23.2 Å². The van der Waals surface area contributed by atoms with Gasteiger partial charge >= 0.3 is 0 Å². The first-order valence-electron chi connectivity index (χ1n) is 5.25. The number of aromatic nitrogens is 1. The number of fused-ring (bicyclic) bond motifs is 1. The van der Waals surface area contributed by atoms with Gasteiger partial charge in [-0.15, -0.1) is 0 Å². The molecule has 0 bridgehead atoms. The molecule has 1 aromatic carbocycles. The van der Waals surface area contributed by atoms with Crippen LogP contribution < -0.4 is 10.2 Å². The van der Waals surface area contributed by atoms with Gasteiger partial charge in [0, 0.05) is 13.1 Å². The van der Waals surface area contributed by atoms with Crippen LogP contribution in [0.15, 0.2) is 24.3 Å². The molecule has 1 saturated heterocycles. The van der Waals surface area contributed by atoms with Crippen molar-refractivity contribution in [2.24, 2.45) is 0 Å². The first-order chi connectivity index (χ1) is 7.84. The number of hydrogen-bond acceptors (Lipinski definition) is 3. The molecule has 3 rings (SSSR count). The fourth-order valence-corrected chi connectivity index (χ4v) is 3.12. The Labute approximate surface area is 103 Å². The fraction of sp³-hybridized carbons (Fsp3) is 0.273. The second-order valence-electron chi connectivity index (χ2n) is 3.70. The fourth-order valence-electron chi connectivity index (χ4n) is 1.79. The van der Waals surface area contributed by atoms with E-state index in [4.69, 9.17) is 12.2 Å². The van der Waals surface area contributed by atoms with Gasteiger partial charge in [-0.1, -0.05) is 23.5 Å². The molecular weight excluding hydrogens is 238 g/mol. The van der Waals surface area contributed by atoms with E-state index < -0.39 is 0 Å². The lowest BCUT2D eigenvalue weighted by Crippen LogP contribution is -2.46. The zero-order chi connectivity index (χ0) is 11.0. The van der Waals surface area contributed by atoms with E-state index in [1.165, 1.54) is 4.70 Å². The molecule has 1 aliphatic heterocycles. The second kappa shape index (κ2) is 3.99. The number of benzene rings is 1. The molecule has 5 heteroatoms. The average molecular weight is 249 g/mol. The maximum absolute atomic E-state index is 5.30. The summed E-state index contributed by atoms with van der Waals surface area (Å²) in [4.78, 5) is 6.69. The maximum atomic E-state index is 5.30. The third-order valence-electron chi connectivity index (χ3n) is 2.59. The number of anilines is 1. The van der Waals surface area contributed by atoms with Crippen LogP contribution in [-0.2, 0) is 0 Å². The Morgan fingerprint density at radius 2 is 2.25 bits per heavy atom. The molecule has 3 nitrogen and oxygen atoms in total. The predicted octanol–water partition coefficient (Wildman–Crippen LogP) is 2.38. The Hall–Kier alpha value is -1.20. The lowest BCUT2D eigenvalue weighted by atomic mass is 10.3. The number of nitrogens with zero attached hydrogens (tertiary/aromatic N) is 2. The molecule has 1 aromatic heterocycles. The van der Waals surface area contributed by atoms with Crippen LogP contribution in [0.5, 0.6) is 0 Å². The van der Waals surface area contributed by atoms with E-state index in [0.29, 0.717) is 0 Å². The number of nitrogens with one attached hydrogen (secondary N) is 1. The molecule has 2 heterocycles. The van der Waals surface area contributed by atoms with Gasteiger partial charge < -0.3 is 5.32 Å². The highest BCUT2D eigenvalue weighted by Crippen LogP contribution is 2.29. The third-order valence-corrected chi connectivity index (χ3v) is 4.02. The van der Waals surface area contributed by atoms with E-state index >= 15 is 0 Å². The van der Waals surface area contributed by atoms with E-state index in [2.05, 4.69) is 21.3 Å². The second-order valence-corrected chi connectivity index (χ2v) is 5.10. The zero-order valence-electron chi connectivity index (χ0n) is 8.64. The maximum Gasteiger partial charge on any atom is 0.192 e. The first-order valence-corrected chi connectivity index (χ1v) is 6.48. The van der Waals surface area contributed by atoms with E-state index in [1.807, 2.05) is 18.2 Å². The summed E-state index contributed by atoms with van der Waals surface area (Å²) in [6, 6.07) is 8.18. The summed E-state index contributed by atoms with van der Waals surface area (Å²) in [7, 11) is 0. The summed E-state index contributed by atoms with van der Waals surface area (Å²) in [6.07, 6.45) is 1.11.